The third-order valence-electron chi connectivity index (χ3n) is 2.33. The fourth-order valence-electron chi connectivity index (χ4n) is 1.42. The summed E-state index contributed by atoms with van der Waals surface area (Å²) >= 11 is 8.34. The van der Waals surface area contributed by atoms with E-state index in [1.54, 1.807) is 0 Å². The SMILES string of the molecule is Nn1c(CCc2ccc(Br)cc2)n[nH]c1=S. The van der Waals surface area contributed by atoms with Crippen LogP contribution >= 0.6 is 28.1 Å². The topological polar surface area (TPSA) is 59.6 Å². The van der Waals surface area contributed by atoms with Crippen LogP contribution in [0, 0.1) is 4.77 Å². The van der Waals surface area contributed by atoms with Crippen molar-refractivity contribution in [2.45, 2.75) is 12.8 Å². The normalized spacial score (nSPS) is 10.6. The molecule has 0 spiro atoms. The van der Waals surface area contributed by atoms with E-state index in [-0.39, 0.29) is 0 Å². The Morgan fingerprint density at radius 1 is 1.31 bits per heavy atom. The lowest BCUT2D eigenvalue weighted by molar-refractivity contribution is 0.799. The van der Waals surface area contributed by atoms with E-state index in [0.717, 1.165) is 23.1 Å². The molecule has 0 saturated carbocycles. The van der Waals surface area contributed by atoms with Crippen molar-refractivity contribution in [1.29, 1.82) is 0 Å². The van der Waals surface area contributed by atoms with Gasteiger partial charge in [-0.15, -0.1) is 0 Å². The third-order valence-corrected chi connectivity index (χ3v) is 3.14. The Hall–Kier alpha value is -1.14. The average molecular weight is 299 g/mol. The highest BCUT2D eigenvalue weighted by Gasteiger charge is 2.03. The van der Waals surface area contributed by atoms with E-state index in [9.17, 15) is 0 Å². The maximum Gasteiger partial charge on any atom is 0.214 e. The maximum atomic E-state index is 5.70. The van der Waals surface area contributed by atoms with Crippen molar-refractivity contribution in [3.05, 3.63) is 44.9 Å². The number of rotatable bonds is 3. The summed E-state index contributed by atoms with van der Waals surface area (Å²) in [6.45, 7) is 0. The van der Waals surface area contributed by atoms with Gasteiger partial charge in [0.2, 0.25) is 4.77 Å². The molecule has 0 amide bonds. The van der Waals surface area contributed by atoms with Crippen molar-refractivity contribution in [3.63, 3.8) is 0 Å². The van der Waals surface area contributed by atoms with Crippen LogP contribution in [0.25, 0.3) is 0 Å². The third kappa shape index (κ3) is 2.51. The number of nitrogens with zero attached hydrogens (tertiary/aromatic N) is 2. The van der Waals surface area contributed by atoms with E-state index in [2.05, 4.69) is 38.3 Å². The summed E-state index contributed by atoms with van der Waals surface area (Å²) in [6, 6.07) is 8.20. The number of nitrogens with one attached hydrogen (secondary N) is 1. The smallest absolute Gasteiger partial charge is 0.214 e. The van der Waals surface area contributed by atoms with Gasteiger partial charge in [0.1, 0.15) is 0 Å². The molecule has 1 heterocycles. The minimum atomic E-state index is 0.450. The van der Waals surface area contributed by atoms with Crippen molar-refractivity contribution in [3.8, 4) is 0 Å². The van der Waals surface area contributed by atoms with Gasteiger partial charge in [-0.25, -0.2) is 4.68 Å². The highest BCUT2D eigenvalue weighted by atomic mass is 79.9. The fraction of sp³-hybridized carbons (Fsp3) is 0.200. The molecule has 0 bridgehead atoms. The molecule has 1 aromatic heterocycles. The van der Waals surface area contributed by atoms with Gasteiger partial charge in [0.25, 0.3) is 0 Å². The zero-order chi connectivity index (χ0) is 11.5. The largest absolute Gasteiger partial charge is 0.335 e. The predicted molar refractivity (Wildman–Crippen MR) is 69.1 cm³/mol. The second kappa shape index (κ2) is 4.80. The Morgan fingerprint density at radius 2 is 2.00 bits per heavy atom. The monoisotopic (exact) mass is 298 g/mol. The molecule has 0 aliphatic heterocycles. The average Bonchev–Trinajstić information content (AvgIpc) is 2.60. The Morgan fingerprint density at radius 3 is 2.56 bits per heavy atom. The van der Waals surface area contributed by atoms with Crippen LogP contribution in [0.5, 0.6) is 0 Å². The van der Waals surface area contributed by atoms with Gasteiger partial charge in [0.15, 0.2) is 5.82 Å². The van der Waals surface area contributed by atoms with Crippen LogP contribution in [-0.4, -0.2) is 14.9 Å². The summed E-state index contributed by atoms with van der Waals surface area (Å²) in [5, 5.41) is 6.73. The molecule has 2 rings (SSSR count). The molecule has 16 heavy (non-hydrogen) atoms. The first-order valence-electron chi connectivity index (χ1n) is 4.82. The number of halogens is 1. The maximum absolute atomic E-state index is 5.70. The van der Waals surface area contributed by atoms with E-state index in [0.29, 0.717) is 4.77 Å². The molecule has 0 atom stereocenters. The molecule has 0 aliphatic rings. The van der Waals surface area contributed by atoms with Crippen LogP contribution in [-0.2, 0) is 12.8 Å². The first kappa shape index (κ1) is 11.3. The summed E-state index contributed by atoms with van der Waals surface area (Å²) in [6.07, 6.45) is 1.66. The van der Waals surface area contributed by atoms with Crippen molar-refractivity contribution in [2.24, 2.45) is 0 Å². The van der Waals surface area contributed by atoms with Crippen LogP contribution in [0.2, 0.25) is 0 Å². The molecule has 1 aromatic carbocycles. The fourth-order valence-corrected chi connectivity index (χ4v) is 1.84. The van der Waals surface area contributed by atoms with Gasteiger partial charge in [0, 0.05) is 10.9 Å². The molecule has 3 N–H and O–H groups in total. The standard InChI is InChI=1S/C10H11BrN4S/c11-8-4-1-7(2-5-8)3-6-9-13-14-10(16)15(9)12/h1-2,4-5H,3,6,12H2,(H,14,16). The lowest BCUT2D eigenvalue weighted by Gasteiger charge is -2.01. The highest BCUT2D eigenvalue weighted by molar-refractivity contribution is 9.10. The van der Waals surface area contributed by atoms with Gasteiger partial charge in [-0.05, 0) is 36.3 Å². The Labute approximate surface area is 107 Å². The van der Waals surface area contributed by atoms with E-state index < -0.39 is 0 Å². The minimum absolute atomic E-state index is 0.450. The first-order chi connectivity index (χ1) is 7.66. The van der Waals surface area contributed by atoms with Crippen LogP contribution in [0.1, 0.15) is 11.4 Å². The Kier molecular flexibility index (Phi) is 3.40. The zero-order valence-corrected chi connectivity index (χ0v) is 10.9. The Balaban J connectivity index is 2.05. The van der Waals surface area contributed by atoms with Gasteiger partial charge in [-0.1, -0.05) is 28.1 Å². The van der Waals surface area contributed by atoms with Crippen molar-refractivity contribution < 1.29 is 0 Å². The van der Waals surface area contributed by atoms with Crippen LogP contribution in [0.4, 0.5) is 0 Å². The second-order valence-corrected chi connectivity index (χ2v) is 4.74. The molecule has 2 aromatic rings. The predicted octanol–water partition coefficient (Wildman–Crippen LogP) is 2.20. The van der Waals surface area contributed by atoms with Crippen molar-refractivity contribution in [2.75, 3.05) is 5.84 Å². The van der Waals surface area contributed by atoms with E-state index in [1.807, 2.05) is 12.1 Å². The van der Waals surface area contributed by atoms with E-state index >= 15 is 0 Å². The minimum Gasteiger partial charge on any atom is -0.335 e. The number of hydrogen-bond donors (Lipinski definition) is 2. The number of H-pyrrole nitrogens is 1. The van der Waals surface area contributed by atoms with E-state index in [1.165, 1.54) is 10.2 Å². The summed E-state index contributed by atoms with van der Waals surface area (Å²) in [5.41, 5.74) is 1.25. The first-order valence-corrected chi connectivity index (χ1v) is 6.03. The molecule has 0 unspecified atom stereocenters. The van der Waals surface area contributed by atoms with Gasteiger partial charge in [0.05, 0.1) is 0 Å². The number of aromatic amines is 1. The van der Waals surface area contributed by atoms with Gasteiger partial charge in [-0.2, -0.15) is 5.10 Å². The molecule has 84 valence electrons. The molecule has 0 radical (unpaired) electrons. The molecule has 4 nitrogen and oxygen atoms in total. The summed E-state index contributed by atoms with van der Waals surface area (Å²) < 4.78 is 2.94. The summed E-state index contributed by atoms with van der Waals surface area (Å²) in [4.78, 5) is 0. The molecule has 0 aliphatic carbocycles. The number of nitrogen functional groups attached to an aromatic ring is 1. The molecular weight excluding hydrogens is 288 g/mol. The van der Waals surface area contributed by atoms with Gasteiger partial charge >= 0.3 is 0 Å². The van der Waals surface area contributed by atoms with Crippen LogP contribution in [0.3, 0.4) is 0 Å². The number of aryl methyl sites for hydroxylation is 2. The Bertz CT molecular complexity index is 528. The molecule has 0 saturated heterocycles. The number of aromatic nitrogens is 3. The number of benzene rings is 1. The van der Waals surface area contributed by atoms with Crippen molar-refractivity contribution >= 4 is 28.1 Å². The summed E-state index contributed by atoms with van der Waals surface area (Å²) in [7, 11) is 0. The molecule has 6 heteroatoms. The molecule has 0 fully saturated rings. The lowest BCUT2D eigenvalue weighted by atomic mass is 10.1. The quantitative estimate of drug-likeness (QED) is 0.675. The highest BCUT2D eigenvalue weighted by Crippen LogP contribution is 2.12. The van der Waals surface area contributed by atoms with Crippen LogP contribution in [0.15, 0.2) is 28.7 Å². The van der Waals surface area contributed by atoms with Gasteiger partial charge < -0.3 is 5.84 Å². The van der Waals surface area contributed by atoms with E-state index in [4.69, 9.17) is 18.1 Å². The summed E-state index contributed by atoms with van der Waals surface area (Å²) in [5.74, 6) is 6.47. The zero-order valence-electron chi connectivity index (χ0n) is 8.48. The lowest BCUT2D eigenvalue weighted by Crippen LogP contribution is -2.13. The van der Waals surface area contributed by atoms with Crippen molar-refractivity contribution in [1.82, 2.24) is 14.9 Å². The van der Waals surface area contributed by atoms with Gasteiger partial charge in [-0.3, -0.25) is 5.10 Å². The number of hydrogen-bond acceptors (Lipinski definition) is 3. The second-order valence-electron chi connectivity index (χ2n) is 3.44. The molecular formula is C10H11BrN4S. The number of nitrogens with two attached hydrogens (primary N) is 1. The van der Waals surface area contributed by atoms with Crippen LogP contribution < -0.4 is 5.84 Å².